The molecule has 112 valence electrons. The highest BCUT2D eigenvalue weighted by molar-refractivity contribution is 5.58. The minimum Gasteiger partial charge on any atom is -0.368 e. The SMILES string of the molecule is CCC1CCCCCN1c1cc(C)c(F)cc1[C@H](C)N. The highest BCUT2D eigenvalue weighted by Crippen LogP contribution is 2.33. The molecule has 1 aliphatic rings. The summed E-state index contributed by atoms with van der Waals surface area (Å²) in [7, 11) is 0. The Kier molecular flexibility index (Phi) is 5.03. The van der Waals surface area contributed by atoms with Crippen LogP contribution in [-0.2, 0) is 0 Å². The van der Waals surface area contributed by atoms with Crippen molar-refractivity contribution in [1.29, 1.82) is 0 Å². The third kappa shape index (κ3) is 3.14. The largest absolute Gasteiger partial charge is 0.368 e. The highest BCUT2D eigenvalue weighted by atomic mass is 19.1. The molecule has 1 aromatic rings. The Morgan fingerprint density at radius 2 is 2.10 bits per heavy atom. The molecule has 1 saturated heterocycles. The number of nitrogens with two attached hydrogens (primary N) is 1. The van der Waals surface area contributed by atoms with Gasteiger partial charge in [-0.15, -0.1) is 0 Å². The molecule has 2 N–H and O–H groups in total. The Bertz CT molecular complexity index is 457. The topological polar surface area (TPSA) is 29.3 Å². The molecule has 3 heteroatoms. The second kappa shape index (κ2) is 6.57. The Balaban J connectivity index is 2.45. The number of halogens is 1. The summed E-state index contributed by atoms with van der Waals surface area (Å²) in [5.41, 5.74) is 8.87. The van der Waals surface area contributed by atoms with E-state index in [1.165, 1.54) is 25.7 Å². The van der Waals surface area contributed by atoms with Gasteiger partial charge in [0.05, 0.1) is 0 Å². The minimum atomic E-state index is -0.149. The van der Waals surface area contributed by atoms with E-state index in [9.17, 15) is 4.39 Å². The van der Waals surface area contributed by atoms with Crippen LogP contribution in [0.25, 0.3) is 0 Å². The molecule has 0 amide bonds. The van der Waals surface area contributed by atoms with Crippen LogP contribution in [0.15, 0.2) is 12.1 Å². The zero-order chi connectivity index (χ0) is 14.7. The molecule has 0 radical (unpaired) electrons. The Morgan fingerprint density at radius 1 is 1.35 bits per heavy atom. The fourth-order valence-electron chi connectivity index (χ4n) is 3.21. The number of rotatable bonds is 3. The second-order valence-electron chi connectivity index (χ2n) is 6.05. The van der Waals surface area contributed by atoms with Crippen LogP contribution >= 0.6 is 0 Å². The van der Waals surface area contributed by atoms with Crippen molar-refractivity contribution in [2.24, 2.45) is 5.73 Å². The second-order valence-corrected chi connectivity index (χ2v) is 6.05. The predicted molar refractivity (Wildman–Crippen MR) is 83.6 cm³/mol. The molecule has 0 aliphatic carbocycles. The molecule has 0 spiro atoms. The third-order valence-corrected chi connectivity index (χ3v) is 4.46. The first kappa shape index (κ1) is 15.3. The molecule has 0 aromatic heterocycles. The van der Waals surface area contributed by atoms with Gasteiger partial charge < -0.3 is 10.6 Å². The van der Waals surface area contributed by atoms with Crippen LogP contribution in [0, 0.1) is 12.7 Å². The van der Waals surface area contributed by atoms with Gasteiger partial charge in [0.1, 0.15) is 5.82 Å². The Hall–Kier alpha value is -1.09. The standard InChI is InChI=1S/C17H27FN2/c1-4-14-8-6-5-7-9-20(14)17-10-12(2)16(18)11-15(17)13(3)19/h10-11,13-14H,4-9,19H2,1-3H3/t13-,14?/m0/s1. The molecule has 1 fully saturated rings. The van der Waals surface area contributed by atoms with Gasteiger partial charge in [-0.2, -0.15) is 0 Å². The molecule has 1 aliphatic heterocycles. The predicted octanol–water partition coefficient (Wildman–Crippen LogP) is 4.31. The van der Waals surface area contributed by atoms with Crippen LogP contribution in [0.5, 0.6) is 0 Å². The minimum absolute atomic E-state index is 0.138. The molecule has 2 rings (SSSR count). The average Bonchev–Trinajstić information content (AvgIpc) is 2.66. The molecule has 0 saturated carbocycles. The molecular formula is C17H27FN2. The number of aryl methyl sites for hydroxylation is 1. The van der Waals surface area contributed by atoms with Crippen LogP contribution in [0.1, 0.15) is 63.1 Å². The fourth-order valence-corrected chi connectivity index (χ4v) is 3.21. The molecule has 20 heavy (non-hydrogen) atoms. The van der Waals surface area contributed by atoms with Crippen molar-refractivity contribution in [2.45, 2.75) is 65.0 Å². The van der Waals surface area contributed by atoms with E-state index in [0.29, 0.717) is 11.6 Å². The zero-order valence-electron chi connectivity index (χ0n) is 13.0. The molecule has 1 unspecified atom stereocenters. The first-order valence-corrected chi connectivity index (χ1v) is 7.86. The van der Waals surface area contributed by atoms with Gasteiger partial charge in [-0.3, -0.25) is 0 Å². The van der Waals surface area contributed by atoms with Crippen LogP contribution in [0.4, 0.5) is 10.1 Å². The lowest BCUT2D eigenvalue weighted by Crippen LogP contribution is -2.35. The van der Waals surface area contributed by atoms with E-state index in [1.54, 1.807) is 6.07 Å². The number of nitrogens with zero attached hydrogens (tertiary/aromatic N) is 1. The van der Waals surface area contributed by atoms with Crippen LogP contribution in [-0.4, -0.2) is 12.6 Å². The van der Waals surface area contributed by atoms with E-state index >= 15 is 0 Å². The summed E-state index contributed by atoms with van der Waals surface area (Å²) in [6.07, 6.45) is 6.16. The molecule has 0 bridgehead atoms. The van der Waals surface area contributed by atoms with Crippen molar-refractivity contribution in [3.05, 3.63) is 29.1 Å². The third-order valence-electron chi connectivity index (χ3n) is 4.46. The van der Waals surface area contributed by atoms with Gasteiger partial charge in [-0.05, 0) is 56.4 Å². The maximum absolute atomic E-state index is 13.9. The van der Waals surface area contributed by atoms with Gasteiger partial charge in [-0.1, -0.05) is 19.8 Å². The van der Waals surface area contributed by atoms with Crippen LogP contribution < -0.4 is 10.6 Å². The first-order chi connectivity index (χ1) is 9.54. The maximum Gasteiger partial charge on any atom is 0.126 e. The van der Waals surface area contributed by atoms with Crippen LogP contribution in [0.3, 0.4) is 0 Å². The summed E-state index contributed by atoms with van der Waals surface area (Å²) in [5.74, 6) is -0.149. The molecule has 2 atom stereocenters. The molecular weight excluding hydrogens is 251 g/mol. The lowest BCUT2D eigenvalue weighted by molar-refractivity contribution is 0.551. The highest BCUT2D eigenvalue weighted by Gasteiger charge is 2.23. The summed E-state index contributed by atoms with van der Waals surface area (Å²) >= 11 is 0. The van der Waals surface area contributed by atoms with Crippen LogP contribution in [0.2, 0.25) is 0 Å². The Morgan fingerprint density at radius 3 is 2.75 bits per heavy atom. The van der Waals surface area contributed by atoms with Gasteiger partial charge in [0, 0.05) is 24.3 Å². The van der Waals surface area contributed by atoms with E-state index in [4.69, 9.17) is 5.73 Å². The van der Waals surface area contributed by atoms with Gasteiger partial charge in [0.15, 0.2) is 0 Å². The molecule has 1 heterocycles. The average molecular weight is 278 g/mol. The van der Waals surface area contributed by atoms with Gasteiger partial charge >= 0.3 is 0 Å². The number of hydrogen-bond acceptors (Lipinski definition) is 2. The first-order valence-electron chi connectivity index (χ1n) is 7.86. The lowest BCUT2D eigenvalue weighted by Gasteiger charge is -2.34. The van der Waals surface area contributed by atoms with E-state index in [2.05, 4.69) is 11.8 Å². The van der Waals surface area contributed by atoms with Gasteiger partial charge in [0.25, 0.3) is 0 Å². The number of benzene rings is 1. The Labute approximate surface area is 122 Å². The molecule has 1 aromatic carbocycles. The van der Waals surface area contributed by atoms with Crippen molar-refractivity contribution in [3.63, 3.8) is 0 Å². The smallest absolute Gasteiger partial charge is 0.126 e. The summed E-state index contributed by atoms with van der Waals surface area (Å²) < 4.78 is 13.9. The maximum atomic E-state index is 13.9. The quantitative estimate of drug-likeness (QED) is 0.892. The fraction of sp³-hybridized carbons (Fsp3) is 0.647. The molecule has 2 nitrogen and oxygen atoms in total. The van der Waals surface area contributed by atoms with E-state index < -0.39 is 0 Å². The summed E-state index contributed by atoms with van der Waals surface area (Å²) in [6, 6.07) is 4.04. The van der Waals surface area contributed by atoms with E-state index in [1.807, 2.05) is 19.9 Å². The summed E-state index contributed by atoms with van der Waals surface area (Å²) in [5, 5.41) is 0. The zero-order valence-corrected chi connectivity index (χ0v) is 13.0. The van der Waals surface area contributed by atoms with Crippen molar-refractivity contribution in [3.8, 4) is 0 Å². The van der Waals surface area contributed by atoms with Crippen molar-refractivity contribution >= 4 is 5.69 Å². The normalized spacial score (nSPS) is 21.6. The van der Waals surface area contributed by atoms with Crippen molar-refractivity contribution in [2.75, 3.05) is 11.4 Å². The number of anilines is 1. The number of hydrogen-bond donors (Lipinski definition) is 1. The van der Waals surface area contributed by atoms with Crippen molar-refractivity contribution in [1.82, 2.24) is 0 Å². The summed E-state index contributed by atoms with van der Waals surface area (Å²) in [4.78, 5) is 2.47. The monoisotopic (exact) mass is 278 g/mol. The van der Waals surface area contributed by atoms with Crippen molar-refractivity contribution < 1.29 is 4.39 Å². The summed E-state index contributed by atoms with van der Waals surface area (Å²) in [6.45, 7) is 7.07. The lowest BCUT2D eigenvalue weighted by atomic mass is 10.00. The van der Waals surface area contributed by atoms with E-state index in [0.717, 1.165) is 24.2 Å². The van der Waals surface area contributed by atoms with E-state index in [-0.39, 0.29) is 11.9 Å². The van der Waals surface area contributed by atoms with Gasteiger partial charge in [0.2, 0.25) is 0 Å². The van der Waals surface area contributed by atoms with Gasteiger partial charge in [-0.25, -0.2) is 4.39 Å².